The molecule has 86 valence electrons. The van der Waals surface area contributed by atoms with Crippen molar-refractivity contribution in [1.29, 1.82) is 0 Å². The molecule has 2 atom stereocenters. The van der Waals surface area contributed by atoms with E-state index >= 15 is 0 Å². The molecule has 0 aromatic heterocycles. The van der Waals surface area contributed by atoms with Crippen LogP contribution < -0.4 is 0 Å². The molecule has 15 heavy (non-hydrogen) atoms. The summed E-state index contributed by atoms with van der Waals surface area (Å²) in [5, 5.41) is 0. The van der Waals surface area contributed by atoms with E-state index in [0.29, 0.717) is 5.41 Å². The third-order valence-electron chi connectivity index (χ3n) is 4.07. The van der Waals surface area contributed by atoms with Crippen molar-refractivity contribution in [1.82, 2.24) is 0 Å². The van der Waals surface area contributed by atoms with Crippen LogP contribution in [0.5, 0.6) is 0 Å². The van der Waals surface area contributed by atoms with Gasteiger partial charge in [-0.2, -0.15) is 0 Å². The van der Waals surface area contributed by atoms with E-state index in [2.05, 4.69) is 38.7 Å². The Morgan fingerprint density at radius 1 is 1.47 bits per heavy atom. The van der Waals surface area contributed by atoms with Crippen LogP contribution in [-0.4, -0.2) is 0 Å². The van der Waals surface area contributed by atoms with Gasteiger partial charge in [-0.15, -0.1) is 6.58 Å². The number of unbranched alkanes of at least 4 members (excludes halogenated alkanes) is 1. The molecule has 0 heteroatoms. The zero-order chi connectivity index (χ0) is 11.1. The lowest BCUT2D eigenvalue weighted by atomic mass is 9.67. The highest BCUT2D eigenvalue weighted by molar-refractivity contribution is 4.98. The Morgan fingerprint density at radius 3 is 2.80 bits per heavy atom. The number of rotatable bonds is 6. The number of hydrogen-bond acceptors (Lipinski definition) is 0. The summed E-state index contributed by atoms with van der Waals surface area (Å²) in [6.45, 7) is 8.64. The average Bonchev–Trinajstić information content (AvgIpc) is 2.25. The first-order chi connectivity index (χ1) is 7.23. The van der Waals surface area contributed by atoms with Gasteiger partial charge in [0, 0.05) is 0 Å². The fourth-order valence-electron chi connectivity index (χ4n) is 2.91. The molecule has 1 aliphatic rings. The maximum atomic E-state index is 3.80. The number of allylic oxidation sites excluding steroid dienone is 3. The molecule has 2 unspecified atom stereocenters. The van der Waals surface area contributed by atoms with Gasteiger partial charge in [0.2, 0.25) is 0 Å². The highest BCUT2D eigenvalue weighted by Gasteiger charge is 2.31. The minimum absolute atomic E-state index is 0.574. The standard InChI is InChI=1S/C15H26/c1-4-6-8-11-14(5-2)15(3)12-9-7-10-13-15/h4,7,9,14H,1,5-6,8,10-13H2,2-3H3. The van der Waals surface area contributed by atoms with Crippen LogP contribution in [0.3, 0.4) is 0 Å². The molecule has 0 spiro atoms. The molecule has 0 aromatic rings. The summed E-state index contributed by atoms with van der Waals surface area (Å²) in [7, 11) is 0. The van der Waals surface area contributed by atoms with E-state index in [4.69, 9.17) is 0 Å². The molecule has 0 aromatic carbocycles. The van der Waals surface area contributed by atoms with Crippen LogP contribution in [0.25, 0.3) is 0 Å². The summed E-state index contributed by atoms with van der Waals surface area (Å²) in [5.74, 6) is 0.905. The van der Waals surface area contributed by atoms with Crippen molar-refractivity contribution in [2.75, 3.05) is 0 Å². The molecular weight excluding hydrogens is 180 g/mol. The highest BCUT2D eigenvalue weighted by Crippen LogP contribution is 2.43. The SMILES string of the molecule is C=CCCCC(CC)C1(C)CC=CCC1. The molecule has 0 saturated heterocycles. The van der Waals surface area contributed by atoms with Crippen molar-refractivity contribution >= 4 is 0 Å². The third-order valence-corrected chi connectivity index (χ3v) is 4.07. The molecule has 0 bridgehead atoms. The van der Waals surface area contributed by atoms with Crippen LogP contribution in [0.2, 0.25) is 0 Å². The van der Waals surface area contributed by atoms with E-state index in [0.717, 1.165) is 5.92 Å². The lowest BCUT2D eigenvalue weighted by Gasteiger charge is -2.38. The Balaban J connectivity index is 2.48. The second-order valence-corrected chi connectivity index (χ2v) is 5.19. The predicted molar refractivity (Wildman–Crippen MR) is 68.9 cm³/mol. The van der Waals surface area contributed by atoms with Crippen molar-refractivity contribution in [3.05, 3.63) is 24.8 Å². The zero-order valence-corrected chi connectivity index (χ0v) is 10.5. The maximum Gasteiger partial charge on any atom is -0.0260 e. The fraction of sp³-hybridized carbons (Fsp3) is 0.733. The molecule has 0 nitrogen and oxygen atoms in total. The van der Waals surface area contributed by atoms with Gasteiger partial charge in [0.1, 0.15) is 0 Å². The van der Waals surface area contributed by atoms with Gasteiger partial charge in [0.25, 0.3) is 0 Å². The second kappa shape index (κ2) is 6.15. The van der Waals surface area contributed by atoms with Crippen LogP contribution in [0.15, 0.2) is 24.8 Å². The molecule has 0 N–H and O–H groups in total. The first-order valence-corrected chi connectivity index (χ1v) is 6.49. The molecular formula is C15H26. The Bertz CT molecular complexity index is 214. The lowest BCUT2D eigenvalue weighted by molar-refractivity contribution is 0.148. The molecule has 0 amide bonds. The summed E-state index contributed by atoms with van der Waals surface area (Å²) in [6, 6.07) is 0. The van der Waals surface area contributed by atoms with Gasteiger partial charge in [-0.1, -0.05) is 38.5 Å². The summed E-state index contributed by atoms with van der Waals surface area (Å²) in [6.07, 6.45) is 16.0. The van der Waals surface area contributed by atoms with Gasteiger partial charge in [-0.3, -0.25) is 0 Å². The summed E-state index contributed by atoms with van der Waals surface area (Å²) >= 11 is 0. The highest BCUT2D eigenvalue weighted by atomic mass is 14.4. The monoisotopic (exact) mass is 206 g/mol. The van der Waals surface area contributed by atoms with Crippen LogP contribution in [0.4, 0.5) is 0 Å². The Kier molecular flexibility index (Phi) is 5.14. The van der Waals surface area contributed by atoms with E-state index in [1.807, 2.05) is 0 Å². The molecule has 1 rings (SSSR count). The van der Waals surface area contributed by atoms with Crippen molar-refractivity contribution in [2.45, 2.75) is 58.8 Å². The third kappa shape index (κ3) is 3.52. The Morgan fingerprint density at radius 2 is 2.27 bits per heavy atom. The molecule has 1 aliphatic carbocycles. The van der Waals surface area contributed by atoms with E-state index in [-0.39, 0.29) is 0 Å². The minimum atomic E-state index is 0.574. The van der Waals surface area contributed by atoms with Crippen molar-refractivity contribution < 1.29 is 0 Å². The quantitative estimate of drug-likeness (QED) is 0.418. The second-order valence-electron chi connectivity index (χ2n) is 5.19. The van der Waals surface area contributed by atoms with Gasteiger partial charge in [0.15, 0.2) is 0 Å². The van der Waals surface area contributed by atoms with Gasteiger partial charge >= 0.3 is 0 Å². The van der Waals surface area contributed by atoms with E-state index in [9.17, 15) is 0 Å². The summed E-state index contributed by atoms with van der Waals surface area (Å²) < 4.78 is 0. The Hall–Kier alpha value is -0.520. The zero-order valence-electron chi connectivity index (χ0n) is 10.5. The van der Waals surface area contributed by atoms with E-state index in [1.54, 1.807) is 0 Å². The summed E-state index contributed by atoms with van der Waals surface area (Å²) in [5.41, 5.74) is 0.574. The average molecular weight is 206 g/mol. The topological polar surface area (TPSA) is 0 Å². The number of hydrogen-bond donors (Lipinski definition) is 0. The van der Waals surface area contributed by atoms with Crippen molar-refractivity contribution in [3.8, 4) is 0 Å². The van der Waals surface area contributed by atoms with Crippen molar-refractivity contribution in [2.24, 2.45) is 11.3 Å². The molecule has 0 fully saturated rings. The van der Waals surface area contributed by atoms with Gasteiger partial charge < -0.3 is 0 Å². The predicted octanol–water partition coefficient (Wildman–Crippen LogP) is 5.12. The first kappa shape index (κ1) is 12.5. The van der Waals surface area contributed by atoms with Crippen molar-refractivity contribution in [3.63, 3.8) is 0 Å². The van der Waals surface area contributed by atoms with Gasteiger partial charge in [-0.25, -0.2) is 0 Å². The first-order valence-electron chi connectivity index (χ1n) is 6.49. The molecule has 0 aliphatic heterocycles. The van der Waals surface area contributed by atoms with E-state index in [1.165, 1.54) is 44.9 Å². The van der Waals surface area contributed by atoms with Gasteiger partial charge in [0.05, 0.1) is 0 Å². The van der Waals surface area contributed by atoms with Gasteiger partial charge in [-0.05, 0) is 49.9 Å². The van der Waals surface area contributed by atoms with Crippen LogP contribution >= 0.6 is 0 Å². The largest absolute Gasteiger partial charge is 0.103 e. The normalized spacial score (nSPS) is 27.6. The molecule has 0 radical (unpaired) electrons. The van der Waals surface area contributed by atoms with Crippen LogP contribution in [0, 0.1) is 11.3 Å². The Labute approximate surface area is 95.5 Å². The van der Waals surface area contributed by atoms with E-state index < -0.39 is 0 Å². The fourth-order valence-corrected chi connectivity index (χ4v) is 2.91. The molecule has 0 heterocycles. The lowest BCUT2D eigenvalue weighted by Crippen LogP contribution is -2.28. The minimum Gasteiger partial charge on any atom is -0.103 e. The summed E-state index contributed by atoms with van der Waals surface area (Å²) in [4.78, 5) is 0. The smallest absolute Gasteiger partial charge is 0.0260 e. The van der Waals surface area contributed by atoms with Crippen LogP contribution in [-0.2, 0) is 0 Å². The molecule has 0 saturated carbocycles. The maximum absolute atomic E-state index is 3.80. The van der Waals surface area contributed by atoms with Crippen LogP contribution in [0.1, 0.15) is 58.8 Å².